The molecule has 0 saturated heterocycles. The van der Waals surface area contributed by atoms with Crippen molar-refractivity contribution in [2.24, 2.45) is 0 Å². The molecule has 0 aliphatic heterocycles. The van der Waals surface area contributed by atoms with Gasteiger partial charge in [-0.05, 0) is 49.4 Å². The molecule has 0 saturated carbocycles. The molecular formula is C18H31ClO2Si. The zero-order chi connectivity index (χ0) is 16.0. The van der Waals surface area contributed by atoms with Gasteiger partial charge >= 0.3 is 9.28 Å². The fourth-order valence-electron chi connectivity index (χ4n) is 2.27. The van der Waals surface area contributed by atoms with Crippen molar-refractivity contribution in [3.63, 3.8) is 0 Å². The van der Waals surface area contributed by atoms with Gasteiger partial charge in [-0.25, -0.2) is 0 Å². The van der Waals surface area contributed by atoms with E-state index in [9.17, 15) is 0 Å². The second kappa shape index (κ2) is 13.1. The maximum Gasteiger partial charge on any atom is 0.321 e. The molecule has 2 nitrogen and oxygen atoms in total. The Labute approximate surface area is 143 Å². The normalized spacial score (nSPS) is 11.3. The van der Waals surface area contributed by atoms with Gasteiger partial charge in [-0.3, -0.25) is 0 Å². The van der Waals surface area contributed by atoms with Crippen LogP contribution in [0.5, 0.6) is 0 Å². The van der Waals surface area contributed by atoms with Crippen molar-refractivity contribution in [3.8, 4) is 0 Å². The fourth-order valence-corrected chi connectivity index (χ4v) is 4.39. The van der Waals surface area contributed by atoms with Gasteiger partial charge in [0, 0.05) is 18.2 Å². The van der Waals surface area contributed by atoms with Crippen LogP contribution in [0.15, 0.2) is 24.3 Å². The van der Waals surface area contributed by atoms with Crippen molar-refractivity contribution in [1.29, 1.82) is 0 Å². The second-order valence-corrected chi connectivity index (χ2v) is 8.29. The van der Waals surface area contributed by atoms with Gasteiger partial charge in [0.1, 0.15) is 0 Å². The van der Waals surface area contributed by atoms with Gasteiger partial charge in [0.15, 0.2) is 0 Å². The van der Waals surface area contributed by atoms with Crippen molar-refractivity contribution in [1.82, 2.24) is 0 Å². The van der Waals surface area contributed by atoms with Crippen molar-refractivity contribution in [3.05, 3.63) is 34.9 Å². The number of halogens is 1. The second-order valence-electron chi connectivity index (χ2n) is 5.75. The minimum absolute atomic E-state index is 0.829. The molecule has 1 rings (SSSR count). The first-order valence-electron chi connectivity index (χ1n) is 8.74. The first-order chi connectivity index (χ1) is 10.8. The molecular weight excluding hydrogens is 312 g/mol. The molecule has 4 heteroatoms. The van der Waals surface area contributed by atoms with Crippen LogP contribution in [0, 0.1) is 0 Å². The molecule has 0 radical (unpaired) electrons. The molecule has 0 atom stereocenters. The van der Waals surface area contributed by atoms with Crippen LogP contribution >= 0.6 is 11.6 Å². The first kappa shape index (κ1) is 19.7. The Balaban J connectivity index is 2.22. The Hall–Kier alpha value is -0.353. The molecule has 0 unspecified atom stereocenters. The lowest BCUT2D eigenvalue weighted by Crippen LogP contribution is -2.24. The van der Waals surface area contributed by atoms with E-state index in [2.05, 4.69) is 26.0 Å². The predicted octanol–water partition coefficient (Wildman–Crippen LogP) is 5.52. The molecule has 0 N–H and O–H groups in total. The summed E-state index contributed by atoms with van der Waals surface area (Å²) < 4.78 is 12.0. The van der Waals surface area contributed by atoms with Crippen LogP contribution in [0.25, 0.3) is 0 Å². The van der Waals surface area contributed by atoms with Crippen LogP contribution in [-0.2, 0) is 15.3 Å². The Bertz CT molecular complexity index is 377. The number of benzene rings is 1. The molecule has 0 aliphatic carbocycles. The summed E-state index contributed by atoms with van der Waals surface area (Å²) in [6, 6.07) is 9.28. The Kier molecular flexibility index (Phi) is 11.7. The summed E-state index contributed by atoms with van der Waals surface area (Å²) in [6.07, 6.45) is 8.10. The number of hydrogen-bond acceptors (Lipinski definition) is 2. The molecule has 1 aromatic rings. The zero-order valence-corrected chi connectivity index (χ0v) is 16.1. The molecule has 0 heterocycles. The molecule has 0 spiro atoms. The fraction of sp³-hybridized carbons (Fsp3) is 0.667. The summed E-state index contributed by atoms with van der Waals surface area (Å²) in [7, 11) is -1.46. The number of aryl methyl sites for hydroxylation is 1. The van der Waals surface area contributed by atoms with Gasteiger partial charge < -0.3 is 8.85 Å². The van der Waals surface area contributed by atoms with E-state index in [1.165, 1.54) is 31.2 Å². The topological polar surface area (TPSA) is 18.5 Å². The molecule has 126 valence electrons. The Morgan fingerprint density at radius 2 is 1.64 bits per heavy atom. The van der Waals surface area contributed by atoms with E-state index in [1.54, 1.807) is 0 Å². The van der Waals surface area contributed by atoms with Gasteiger partial charge in [-0.2, -0.15) is 0 Å². The van der Waals surface area contributed by atoms with E-state index >= 15 is 0 Å². The molecule has 1 aromatic carbocycles. The summed E-state index contributed by atoms with van der Waals surface area (Å²) in [5.74, 6) is 0. The minimum atomic E-state index is -1.46. The molecule has 0 aliphatic rings. The monoisotopic (exact) mass is 342 g/mol. The average Bonchev–Trinajstić information content (AvgIpc) is 2.51. The highest BCUT2D eigenvalue weighted by atomic mass is 35.5. The van der Waals surface area contributed by atoms with Crippen molar-refractivity contribution < 1.29 is 8.85 Å². The van der Waals surface area contributed by atoms with Crippen LogP contribution in [0.2, 0.25) is 11.1 Å². The van der Waals surface area contributed by atoms with Crippen LogP contribution in [0.1, 0.15) is 57.9 Å². The van der Waals surface area contributed by atoms with Gasteiger partial charge in [-0.1, -0.05) is 56.8 Å². The largest absolute Gasteiger partial charge is 0.397 e. The Morgan fingerprint density at radius 1 is 0.955 bits per heavy atom. The van der Waals surface area contributed by atoms with Crippen LogP contribution in [0.4, 0.5) is 0 Å². The minimum Gasteiger partial charge on any atom is -0.397 e. The lowest BCUT2D eigenvalue weighted by molar-refractivity contribution is 0.190. The molecule has 0 aromatic heterocycles. The van der Waals surface area contributed by atoms with E-state index in [1.807, 2.05) is 12.1 Å². The van der Waals surface area contributed by atoms with Gasteiger partial charge in [0.2, 0.25) is 0 Å². The SMILES string of the molecule is CCCCO[SiH](CCCCc1cccc(Cl)c1)OCCCC. The van der Waals surface area contributed by atoms with Crippen LogP contribution in [0.3, 0.4) is 0 Å². The van der Waals surface area contributed by atoms with E-state index < -0.39 is 9.28 Å². The third-order valence-corrected chi connectivity index (χ3v) is 5.98. The lowest BCUT2D eigenvalue weighted by Gasteiger charge is -2.16. The smallest absolute Gasteiger partial charge is 0.321 e. The van der Waals surface area contributed by atoms with E-state index in [4.69, 9.17) is 20.5 Å². The predicted molar refractivity (Wildman–Crippen MR) is 98.1 cm³/mol. The summed E-state index contributed by atoms with van der Waals surface area (Å²) in [4.78, 5) is 0. The number of rotatable bonds is 13. The highest BCUT2D eigenvalue weighted by Crippen LogP contribution is 2.14. The third-order valence-electron chi connectivity index (χ3n) is 3.65. The van der Waals surface area contributed by atoms with E-state index in [0.29, 0.717) is 0 Å². The van der Waals surface area contributed by atoms with Crippen molar-refractivity contribution in [2.75, 3.05) is 13.2 Å². The average molecular weight is 343 g/mol. The molecule has 22 heavy (non-hydrogen) atoms. The maximum absolute atomic E-state index is 6.02. The third kappa shape index (κ3) is 9.62. The molecule has 0 fully saturated rings. The summed E-state index contributed by atoms with van der Waals surface area (Å²) in [6.45, 7) is 6.13. The van der Waals surface area contributed by atoms with E-state index in [0.717, 1.165) is 43.5 Å². The molecule has 0 amide bonds. The number of hydrogen-bond donors (Lipinski definition) is 0. The highest BCUT2D eigenvalue weighted by molar-refractivity contribution is 6.44. The first-order valence-corrected chi connectivity index (χ1v) is 10.9. The summed E-state index contributed by atoms with van der Waals surface area (Å²) >= 11 is 6.02. The van der Waals surface area contributed by atoms with Crippen LogP contribution < -0.4 is 0 Å². The molecule has 0 bridgehead atoms. The summed E-state index contributed by atoms with van der Waals surface area (Å²) in [5.41, 5.74) is 1.32. The zero-order valence-electron chi connectivity index (χ0n) is 14.2. The van der Waals surface area contributed by atoms with Crippen molar-refractivity contribution >= 4 is 20.9 Å². The highest BCUT2D eigenvalue weighted by Gasteiger charge is 2.12. The van der Waals surface area contributed by atoms with Gasteiger partial charge in [0.25, 0.3) is 0 Å². The van der Waals surface area contributed by atoms with Gasteiger partial charge in [-0.15, -0.1) is 0 Å². The lowest BCUT2D eigenvalue weighted by atomic mass is 10.1. The maximum atomic E-state index is 6.02. The number of unbranched alkanes of at least 4 members (excludes halogenated alkanes) is 3. The van der Waals surface area contributed by atoms with Gasteiger partial charge in [0.05, 0.1) is 0 Å². The van der Waals surface area contributed by atoms with E-state index in [-0.39, 0.29) is 0 Å². The van der Waals surface area contributed by atoms with Crippen LogP contribution in [-0.4, -0.2) is 22.5 Å². The quantitative estimate of drug-likeness (QED) is 0.347. The Morgan fingerprint density at radius 3 is 2.23 bits per heavy atom. The van der Waals surface area contributed by atoms with Crippen molar-refractivity contribution in [2.45, 2.75) is 64.8 Å². The summed E-state index contributed by atoms with van der Waals surface area (Å²) in [5, 5.41) is 0.829. The standard InChI is InChI=1S/C18H31ClO2Si/c1-3-5-13-20-22(21-14-6-4-2)15-8-7-10-17-11-9-12-18(19)16-17/h9,11-12,16,22H,3-8,10,13-15H2,1-2H3.